The molecule has 0 fully saturated rings. The van der Waals surface area contributed by atoms with Gasteiger partial charge in [0, 0.05) is 12.5 Å². The van der Waals surface area contributed by atoms with Gasteiger partial charge in [-0.2, -0.15) is 3.11 Å². The smallest absolute Gasteiger partial charge is 0.428 e. The number of hydrogen-bond donors (Lipinski definition) is 1. The van der Waals surface area contributed by atoms with Gasteiger partial charge in [-0.1, -0.05) is 25.7 Å². The molecule has 1 N–H and O–H groups in total. The van der Waals surface area contributed by atoms with E-state index in [2.05, 4.69) is 18.9 Å². The summed E-state index contributed by atoms with van der Waals surface area (Å²) in [5.41, 5.74) is 0. The third-order valence-electron chi connectivity index (χ3n) is 1.25. The Kier molecular flexibility index (Phi) is 6.96. The molecule has 4 heteroatoms. The normalized spacial score (nSPS) is 8.50. The van der Waals surface area contributed by atoms with E-state index in [0.717, 1.165) is 28.8 Å². The summed E-state index contributed by atoms with van der Waals surface area (Å²) in [4.78, 5) is 10.2. The Morgan fingerprint density at radius 1 is 1.58 bits per heavy atom. The summed E-state index contributed by atoms with van der Waals surface area (Å²) in [5.74, 6) is 2.79. The van der Waals surface area contributed by atoms with Crippen molar-refractivity contribution in [2.45, 2.75) is 32.6 Å². The first-order valence-corrected chi connectivity index (χ1v) is 4.82. The molecule has 0 aliphatic rings. The Morgan fingerprint density at radius 3 is 2.75 bits per heavy atom. The number of carboxylic acid groups (broad SMARTS) is 1. The van der Waals surface area contributed by atoms with Crippen LogP contribution in [0.5, 0.6) is 0 Å². The summed E-state index contributed by atoms with van der Waals surface area (Å²) in [6.07, 6.45) is 3.13. The van der Waals surface area contributed by atoms with Crippen LogP contribution in [0.2, 0.25) is 0 Å². The lowest BCUT2D eigenvalue weighted by molar-refractivity contribution is 0.188. The van der Waals surface area contributed by atoms with Gasteiger partial charge in [0.05, 0.1) is 22.9 Å². The average Bonchev–Trinajstić information content (AvgIpc) is 2.03. The fraction of sp³-hybridized carbons (Fsp3) is 0.625. The molecule has 0 unspecified atom stereocenters. The van der Waals surface area contributed by atoms with Crippen LogP contribution in [0, 0.1) is 12.0 Å². The van der Waals surface area contributed by atoms with E-state index < -0.39 is 6.09 Å². The van der Waals surface area contributed by atoms with E-state index in [4.69, 9.17) is 5.11 Å². The van der Waals surface area contributed by atoms with Crippen molar-refractivity contribution in [1.82, 2.24) is 3.11 Å². The Hall–Kier alpha value is -0.440. The van der Waals surface area contributed by atoms with Crippen LogP contribution in [0.1, 0.15) is 32.6 Å². The van der Waals surface area contributed by atoms with Crippen molar-refractivity contribution in [2.75, 3.05) is 0 Å². The molecule has 0 heterocycles. The molecule has 0 saturated heterocycles. The minimum absolute atomic E-state index is 0.778. The quantitative estimate of drug-likeness (QED) is 0.284. The minimum atomic E-state index is -1.02. The summed E-state index contributed by atoms with van der Waals surface area (Å²) in [6, 6.07) is 2.51. The molecule has 0 saturated carbocycles. The van der Waals surface area contributed by atoms with Gasteiger partial charge in [0.15, 0.2) is 0 Å². The highest BCUT2D eigenvalue weighted by Crippen LogP contribution is 1.99. The topological polar surface area (TPSA) is 40.5 Å². The standard InChI is InChI=1S/C8H12INO2/c1-2-3-4-5-6-7-10(9)8(11)12/h2-5H2,1H3,(H,11,12). The molecule has 68 valence electrons. The summed E-state index contributed by atoms with van der Waals surface area (Å²) >= 11 is 1.65. The lowest BCUT2D eigenvalue weighted by Crippen LogP contribution is -2.10. The van der Waals surface area contributed by atoms with Crippen LogP contribution in [-0.4, -0.2) is 14.3 Å². The molecule has 1 amide bonds. The number of hydrogen-bond acceptors (Lipinski definition) is 1. The lowest BCUT2D eigenvalue weighted by atomic mass is 10.2. The van der Waals surface area contributed by atoms with Crippen molar-refractivity contribution >= 4 is 29.0 Å². The zero-order valence-corrected chi connectivity index (χ0v) is 9.17. The molecule has 0 spiro atoms. The molecule has 0 aromatic carbocycles. The van der Waals surface area contributed by atoms with E-state index in [-0.39, 0.29) is 0 Å². The molecule has 0 bridgehead atoms. The highest BCUT2D eigenvalue weighted by molar-refractivity contribution is 14.1. The Balaban J connectivity index is 3.52. The van der Waals surface area contributed by atoms with Crippen LogP contribution >= 0.6 is 22.9 Å². The van der Waals surface area contributed by atoms with Crippen LogP contribution in [0.4, 0.5) is 4.79 Å². The van der Waals surface area contributed by atoms with Crippen molar-refractivity contribution in [3.63, 3.8) is 0 Å². The van der Waals surface area contributed by atoms with Gasteiger partial charge < -0.3 is 5.11 Å². The van der Waals surface area contributed by atoms with E-state index in [0.29, 0.717) is 0 Å². The van der Waals surface area contributed by atoms with Gasteiger partial charge in [-0.25, -0.2) is 4.79 Å². The third kappa shape index (κ3) is 6.28. The third-order valence-corrected chi connectivity index (χ3v) is 1.90. The van der Waals surface area contributed by atoms with Crippen molar-refractivity contribution in [3.8, 4) is 12.0 Å². The number of unbranched alkanes of at least 4 members (excludes halogenated alkanes) is 3. The summed E-state index contributed by atoms with van der Waals surface area (Å²) in [5, 5.41) is 8.40. The van der Waals surface area contributed by atoms with Gasteiger partial charge in [0.25, 0.3) is 0 Å². The van der Waals surface area contributed by atoms with E-state index in [9.17, 15) is 4.79 Å². The van der Waals surface area contributed by atoms with Crippen molar-refractivity contribution in [3.05, 3.63) is 0 Å². The molecular formula is C8H12INO2. The zero-order valence-electron chi connectivity index (χ0n) is 7.01. The van der Waals surface area contributed by atoms with Gasteiger partial charge in [0.2, 0.25) is 0 Å². The maximum absolute atomic E-state index is 10.2. The predicted molar refractivity (Wildman–Crippen MR) is 55.8 cm³/mol. The fourth-order valence-electron chi connectivity index (χ4n) is 0.637. The summed E-state index contributed by atoms with van der Waals surface area (Å²) in [7, 11) is 0. The first kappa shape index (κ1) is 11.6. The molecule has 0 aliphatic heterocycles. The van der Waals surface area contributed by atoms with Crippen molar-refractivity contribution in [2.24, 2.45) is 0 Å². The second kappa shape index (κ2) is 7.22. The average molecular weight is 281 g/mol. The fourth-order valence-corrected chi connectivity index (χ4v) is 0.807. The lowest BCUT2D eigenvalue weighted by Gasteiger charge is -1.97. The maximum Gasteiger partial charge on any atom is 0.428 e. The van der Waals surface area contributed by atoms with E-state index in [1.165, 1.54) is 0 Å². The van der Waals surface area contributed by atoms with Gasteiger partial charge in [0.1, 0.15) is 0 Å². The second-order valence-corrected chi connectivity index (χ2v) is 3.27. The molecule has 0 rings (SSSR count). The second-order valence-electron chi connectivity index (χ2n) is 2.31. The molecular weight excluding hydrogens is 269 g/mol. The van der Waals surface area contributed by atoms with Crippen molar-refractivity contribution < 1.29 is 9.90 Å². The number of carbonyl (C=O) groups is 1. The minimum Gasteiger partial charge on any atom is -0.464 e. The van der Waals surface area contributed by atoms with E-state index in [1.54, 1.807) is 22.9 Å². The van der Waals surface area contributed by atoms with Crippen LogP contribution < -0.4 is 0 Å². The van der Waals surface area contributed by atoms with Crippen LogP contribution in [0.3, 0.4) is 0 Å². The molecule has 0 aromatic rings. The van der Waals surface area contributed by atoms with Gasteiger partial charge in [-0.05, 0) is 6.42 Å². The van der Waals surface area contributed by atoms with E-state index >= 15 is 0 Å². The number of rotatable bonds is 3. The maximum atomic E-state index is 10.2. The molecule has 0 aromatic heterocycles. The van der Waals surface area contributed by atoms with Gasteiger partial charge in [-0.15, -0.1) is 0 Å². The highest BCUT2D eigenvalue weighted by atomic mass is 127. The largest absolute Gasteiger partial charge is 0.464 e. The molecule has 12 heavy (non-hydrogen) atoms. The van der Waals surface area contributed by atoms with Gasteiger partial charge in [-0.3, -0.25) is 0 Å². The van der Waals surface area contributed by atoms with Crippen molar-refractivity contribution in [1.29, 1.82) is 0 Å². The molecule has 3 nitrogen and oxygen atoms in total. The first-order chi connectivity index (χ1) is 5.68. The number of amides is 1. The SMILES string of the molecule is CCCCCC#CN(I)C(=O)O. The van der Waals surface area contributed by atoms with Crippen LogP contribution in [-0.2, 0) is 0 Å². The summed E-state index contributed by atoms with van der Waals surface area (Å²) < 4.78 is 0.948. The monoisotopic (exact) mass is 281 g/mol. The van der Waals surface area contributed by atoms with Crippen LogP contribution in [0.15, 0.2) is 0 Å². The Labute approximate surface area is 86.6 Å². The summed E-state index contributed by atoms with van der Waals surface area (Å²) in [6.45, 7) is 2.12. The van der Waals surface area contributed by atoms with Crippen LogP contribution in [0.25, 0.3) is 0 Å². The van der Waals surface area contributed by atoms with Gasteiger partial charge >= 0.3 is 6.09 Å². The number of nitrogens with zero attached hydrogens (tertiary/aromatic N) is 1. The van der Waals surface area contributed by atoms with E-state index in [1.807, 2.05) is 0 Å². The Morgan fingerprint density at radius 2 is 2.25 bits per heavy atom. The molecule has 0 atom stereocenters. The molecule has 0 radical (unpaired) electrons. The number of halogens is 1. The highest BCUT2D eigenvalue weighted by Gasteiger charge is 2.00. The zero-order chi connectivity index (χ0) is 9.40. The predicted octanol–water partition coefficient (Wildman–Crippen LogP) is 2.86. The Bertz CT molecular complexity index is 195. The first-order valence-electron chi connectivity index (χ1n) is 3.85. The molecule has 0 aliphatic carbocycles.